The Morgan fingerprint density at radius 2 is 1.68 bits per heavy atom. The predicted octanol–water partition coefficient (Wildman–Crippen LogP) is -0.159. The second-order valence-electron chi connectivity index (χ2n) is 6.63. The van der Waals surface area contributed by atoms with Crippen LogP contribution in [0.2, 0.25) is 0 Å². The minimum Gasteiger partial charge on any atom is -0.481 e. The number of aliphatic carboxylic acids is 1. The Bertz CT molecular complexity index is 868. The first-order valence-corrected chi connectivity index (χ1v) is 9.20. The van der Waals surface area contributed by atoms with Crippen molar-refractivity contribution in [2.24, 2.45) is 0 Å². The van der Waals surface area contributed by atoms with Gasteiger partial charge in [-0.15, -0.1) is 0 Å². The van der Waals surface area contributed by atoms with Gasteiger partial charge in [-0.2, -0.15) is 4.57 Å². The third-order valence-corrected chi connectivity index (χ3v) is 4.20. The molecule has 0 aromatic carbocycles. The Balaban J connectivity index is 2.28. The van der Waals surface area contributed by atoms with Crippen LogP contribution in [0.4, 0.5) is 0 Å². The van der Waals surface area contributed by atoms with Crippen molar-refractivity contribution in [1.29, 1.82) is 0 Å². The number of rotatable bonds is 9. The summed E-state index contributed by atoms with van der Waals surface area (Å²) in [5.41, 5.74) is -0.0692. The third-order valence-electron chi connectivity index (χ3n) is 4.20. The lowest BCUT2D eigenvalue weighted by Crippen LogP contribution is -2.48. The van der Waals surface area contributed by atoms with E-state index in [1.165, 1.54) is 29.1 Å². The Labute approximate surface area is 176 Å². The van der Waals surface area contributed by atoms with Gasteiger partial charge in [-0.05, 0) is 6.07 Å². The van der Waals surface area contributed by atoms with Gasteiger partial charge in [0.15, 0.2) is 18.5 Å². The van der Waals surface area contributed by atoms with E-state index < -0.39 is 67.4 Å². The highest BCUT2D eigenvalue weighted by Gasteiger charge is 2.54. The molecule has 1 fully saturated rings. The minimum atomic E-state index is -1.20. The molecule has 0 spiro atoms. The number of esters is 3. The molecule has 1 aromatic heterocycles. The van der Waals surface area contributed by atoms with Crippen LogP contribution in [0.3, 0.4) is 0 Å². The average Bonchev–Trinajstić information content (AvgIpc) is 3.01. The Morgan fingerprint density at radius 3 is 2.26 bits per heavy atom. The van der Waals surface area contributed by atoms with Crippen molar-refractivity contribution in [3.05, 3.63) is 30.1 Å². The smallest absolute Gasteiger partial charge is 0.341 e. The molecule has 0 saturated carbocycles. The van der Waals surface area contributed by atoms with Gasteiger partial charge in [0.05, 0.1) is 12.8 Å². The molecule has 168 valence electrons. The topological polar surface area (TPSA) is 167 Å². The zero-order valence-corrected chi connectivity index (χ0v) is 16.8. The summed E-state index contributed by atoms with van der Waals surface area (Å²) in [6.07, 6.45) is -2.56. The van der Waals surface area contributed by atoms with Gasteiger partial charge in [0, 0.05) is 19.9 Å². The van der Waals surface area contributed by atoms with Crippen LogP contribution < -0.4 is 4.57 Å². The van der Waals surface area contributed by atoms with E-state index in [1.807, 2.05) is 0 Å². The van der Waals surface area contributed by atoms with Gasteiger partial charge in [-0.3, -0.25) is 19.2 Å². The second kappa shape index (κ2) is 10.5. The fraction of sp³-hybridized carbons (Fsp3) is 0.474. The van der Waals surface area contributed by atoms with Gasteiger partial charge < -0.3 is 29.2 Å². The Kier molecular flexibility index (Phi) is 8.02. The number of aromatic carboxylic acids is 1. The number of pyridine rings is 1. The monoisotopic (exact) mass is 440 g/mol. The summed E-state index contributed by atoms with van der Waals surface area (Å²) in [6, 6.07) is 2.79. The maximum Gasteiger partial charge on any atom is 0.341 e. The molecule has 1 saturated heterocycles. The normalized spacial score (nSPS) is 22.4. The molecule has 2 heterocycles. The van der Waals surface area contributed by atoms with E-state index in [9.17, 15) is 29.1 Å². The number of carbonyl (C=O) groups excluding carboxylic acids is 3. The SMILES string of the molecule is CC(=O)O[C@@H]1[C@H](OC(C)=O)[C@@H](COC(=O)CCC(=O)O)O[C@H]1[n+]1cccc(C(=O)O)c1. The zero-order chi connectivity index (χ0) is 23.1. The van der Waals surface area contributed by atoms with Crippen LogP contribution >= 0.6 is 0 Å². The maximum absolute atomic E-state index is 11.8. The fourth-order valence-electron chi connectivity index (χ4n) is 2.97. The van der Waals surface area contributed by atoms with Crippen molar-refractivity contribution < 1.29 is 57.7 Å². The number of aromatic nitrogens is 1. The maximum atomic E-state index is 11.8. The van der Waals surface area contributed by atoms with Crippen LogP contribution in [0, 0.1) is 0 Å². The molecule has 12 heteroatoms. The molecule has 0 amide bonds. The summed E-state index contributed by atoms with van der Waals surface area (Å²) in [5.74, 6) is -4.59. The van der Waals surface area contributed by atoms with Gasteiger partial charge in [0.1, 0.15) is 18.3 Å². The summed E-state index contributed by atoms with van der Waals surface area (Å²) in [5, 5.41) is 17.9. The first-order chi connectivity index (χ1) is 14.6. The highest BCUT2D eigenvalue weighted by atomic mass is 16.7. The minimum absolute atomic E-state index is 0.0692. The molecule has 0 unspecified atom stereocenters. The molecule has 1 aliphatic heterocycles. The van der Waals surface area contributed by atoms with Gasteiger partial charge in [0.2, 0.25) is 6.10 Å². The highest BCUT2D eigenvalue weighted by Crippen LogP contribution is 2.31. The third kappa shape index (κ3) is 6.74. The first-order valence-electron chi connectivity index (χ1n) is 9.20. The standard InChI is InChI=1S/C19H21NO11/c1-10(21)29-16-13(9-28-15(25)6-5-14(23)24)31-18(17(16)30-11(2)22)20-7-3-4-12(8-20)19(26)27/h3-4,7-8,13,16-18H,5-6,9H2,1-2H3,(H-,23,24,26,27)/p+1/t13-,16-,17-,18-/m1/s1. The largest absolute Gasteiger partial charge is 0.481 e. The summed E-state index contributed by atoms with van der Waals surface area (Å²) >= 11 is 0. The predicted molar refractivity (Wildman–Crippen MR) is 96.4 cm³/mol. The van der Waals surface area contributed by atoms with Crippen LogP contribution in [-0.2, 0) is 38.1 Å². The van der Waals surface area contributed by atoms with Crippen molar-refractivity contribution >= 4 is 29.8 Å². The van der Waals surface area contributed by atoms with Crippen LogP contribution in [0.25, 0.3) is 0 Å². The number of ether oxygens (including phenoxy) is 4. The molecule has 0 aliphatic carbocycles. The number of carboxylic acids is 2. The first kappa shape index (κ1) is 23.7. The van der Waals surface area contributed by atoms with E-state index >= 15 is 0 Å². The molecular formula is C19H22NO11+. The van der Waals surface area contributed by atoms with Crippen molar-refractivity contribution in [2.75, 3.05) is 6.61 Å². The summed E-state index contributed by atoms with van der Waals surface area (Å²) in [7, 11) is 0. The molecule has 0 radical (unpaired) electrons. The number of hydrogen-bond donors (Lipinski definition) is 2. The molecular weight excluding hydrogens is 418 g/mol. The van der Waals surface area contributed by atoms with Gasteiger partial charge in [-0.25, -0.2) is 4.79 Å². The van der Waals surface area contributed by atoms with Crippen LogP contribution in [0.1, 0.15) is 43.3 Å². The molecule has 2 rings (SSSR count). The fourth-order valence-corrected chi connectivity index (χ4v) is 2.97. The lowest BCUT2D eigenvalue weighted by Gasteiger charge is -2.21. The lowest BCUT2D eigenvalue weighted by atomic mass is 10.1. The lowest BCUT2D eigenvalue weighted by molar-refractivity contribution is -0.765. The molecule has 2 N–H and O–H groups in total. The molecule has 1 aromatic rings. The van der Waals surface area contributed by atoms with E-state index in [4.69, 9.17) is 24.1 Å². The highest BCUT2D eigenvalue weighted by molar-refractivity contribution is 5.86. The van der Waals surface area contributed by atoms with Gasteiger partial charge in [-0.1, -0.05) is 0 Å². The number of hydrogen-bond acceptors (Lipinski definition) is 9. The zero-order valence-electron chi connectivity index (χ0n) is 16.8. The van der Waals surface area contributed by atoms with Crippen molar-refractivity contribution in [3.8, 4) is 0 Å². The summed E-state index contributed by atoms with van der Waals surface area (Å²) < 4.78 is 22.7. The number of carboxylic acid groups (broad SMARTS) is 2. The van der Waals surface area contributed by atoms with Gasteiger partial charge >= 0.3 is 36.1 Å². The molecule has 31 heavy (non-hydrogen) atoms. The van der Waals surface area contributed by atoms with Crippen molar-refractivity contribution in [3.63, 3.8) is 0 Å². The Morgan fingerprint density at radius 1 is 1.03 bits per heavy atom. The average molecular weight is 440 g/mol. The van der Waals surface area contributed by atoms with Crippen LogP contribution in [-0.4, -0.2) is 65.0 Å². The van der Waals surface area contributed by atoms with E-state index in [2.05, 4.69) is 0 Å². The molecule has 1 aliphatic rings. The summed E-state index contributed by atoms with van der Waals surface area (Å²) in [6.45, 7) is 1.86. The van der Waals surface area contributed by atoms with Crippen molar-refractivity contribution in [2.45, 2.75) is 51.2 Å². The van der Waals surface area contributed by atoms with E-state index in [1.54, 1.807) is 0 Å². The van der Waals surface area contributed by atoms with Crippen LogP contribution in [0.15, 0.2) is 24.5 Å². The quantitative estimate of drug-likeness (QED) is 0.297. The molecule has 12 nitrogen and oxygen atoms in total. The Hall–Kier alpha value is -3.54. The van der Waals surface area contributed by atoms with Crippen molar-refractivity contribution in [1.82, 2.24) is 0 Å². The van der Waals surface area contributed by atoms with E-state index in [0.717, 1.165) is 13.8 Å². The van der Waals surface area contributed by atoms with E-state index in [0.29, 0.717) is 0 Å². The van der Waals surface area contributed by atoms with Crippen LogP contribution in [0.5, 0.6) is 0 Å². The molecule has 4 atom stereocenters. The summed E-state index contributed by atoms with van der Waals surface area (Å²) in [4.78, 5) is 56.9. The van der Waals surface area contributed by atoms with E-state index in [-0.39, 0.29) is 12.0 Å². The van der Waals surface area contributed by atoms with Gasteiger partial charge in [0.25, 0.3) is 0 Å². The number of nitrogens with zero attached hydrogens (tertiary/aromatic N) is 1. The molecule has 0 bridgehead atoms. The second-order valence-corrected chi connectivity index (χ2v) is 6.63. The number of carbonyl (C=O) groups is 5.